The zero-order chi connectivity index (χ0) is 21.5. The van der Waals surface area contributed by atoms with Gasteiger partial charge in [0, 0.05) is 31.3 Å². The first-order chi connectivity index (χ1) is 15.7. The number of amides is 1. The number of nitrogens with zero attached hydrogens (tertiary/aromatic N) is 1. The van der Waals surface area contributed by atoms with Crippen molar-refractivity contribution in [2.45, 2.75) is 43.6 Å². The van der Waals surface area contributed by atoms with Crippen molar-refractivity contribution in [2.24, 2.45) is 5.92 Å². The fraction of sp³-hybridized carbons (Fsp3) is 0.480. The van der Waals surface area contributed by atoms with E-state index in [0.29, 0.717) is 19.8 Å². The molecule has 1 aliphatic carbocycles. The quantitative estimate of drug-likeness (QED) is 0.722. The molecule has 0 N–H and O–H groups in total. The van der Waals surface area contributed by atoms with Gasteiger partial charge in [-0.25, -0.2) is 4.79 Å². The van der Waals surface area contributed by atoms with Crippen molar-refractivity contribution in [3.8, 4) is 11.5 Å². The van der Waals surface area contributed by atoms with Crippen molar-refractivity contribution in [3.05, 3.63) is 59.7 Å². The molecule has 2 saturated heterocycles. The summed E-state index contributed by atoms with van der Waals surface area (Å²) in [6.07, 6.45) is 2.16. The van der Waals surface area contributed by atoms with Crippen molar-refractivity contribution < 1.29 is 28.5 Å². The molecule has 3 aliphatic heterocycles. The maximum Gasteiger partial charge on any atom is 0.410 e. The van der Waals surface area contributed by atoms with Crippen LogP contribution in [0.2, 0.25) is 0 Å². The molecule has 3 fully saturated rings. The third-order valence-electron chi connectivity index (χ3n) is 7.25. The number of carbonyl (C=O) groups is 1. The monoisotopic (exact) mass is 437 g/mol. The Hall–Kier alpha value is -2.77. The largest absolute Gasteiger partial charge is 0.454 e. The summed E-state index contributed by atoms with van der Waals surface area (Å²) in [4.78, 5) is 15.1. The number of likely N-dealkylation sites (tertiary alicyclic amines) is 1. The predicted octanol–water partition coefficient (Wildman–Crippen LogP) is 4.06. The number of benzene rings is 2. The molecule has 7 heteroatoms. The molecule has 0 aromatic heterocycles. The Morgan fingerprint density at radius 1 is 1.06 bits per heavy atom. The Kier molecular flexibility index (Phi) is 4.96. The van der Waals surface area contributed by atoms with E-state index in [-0.39, 0.29) is 37.4 Å². The van der Waals surface area contributed by atoms with Crippen molar-refractivity contribution in [1.82, 2.24) is 4.90 Å². The average Bonchev–Trinajstić information content (AvgIpc) is 3.56. The van der Waals surface area contributed by atoms with E-state index in [1.807, 2.05) is 41.3 Å². The van der Waals surface area contributed by atoms with Crippen LogP contribution >= 0.6 is 0 Å². The molecule has 0 bridgehead atoms. The van der Waals surface area contributed by atoms with Crippen molar-refractivity contribution >= 4 is 6.09 Å². The number of ether oxygens (including phenoxy) is 5. The van der Waals surface area contributed by atoms with Gasteiger partial charge in [0.2, 0.25) is 6.79 Å². The second kappa shape index (κ2) is 7.98. The lowest BCUT2D eigenvalue weighted by molar-refractivity contribution is -0.191. The normalized spacial score (nSPS) is 27.5. The van der Waals surface area contributed by atoms with Crippen LogP contribution in [-0.2, 0) is 20.8 Å². The Morgan fingerprint density at radius 3 is 2.72 bits per heavy atom. The topological polar surface area (TPSA) is 66.5 Å². The van der Waals surface area contributed by atoms with E-state index in [1.54, 1.807) is 0 Å². The Bertz CT molecular complexity index is 989. The number of fused-ring (bicyclic) bond motifs is 2. The molecule has 3 heterocycles. The Balaban J connectivity index is 1.25. The van der Waals surface area contributed by atoms with Crippen LogP contribution in [0.4, 0.5) is 4.79 Å². The summed E-state index contributed by atoms with van der Waals surface area (Å²) in [5.74, 6) is 1.41. The van der Waals surface area contributed by atoms with Crippen LogP contribution in [-0.4, -0.2) is 49.4 Å². The molecule has 168 valence electrons. The van der Waals surface area contributed by atoms with E-state index in [0.717, 1.165) is 41.9 Å². The van der Waals surface area contributed by atoms with Crippen LogP contribution < -0.4 is 9.47 Å². The maximum atomic E-state index is 13.1. The third-order valence-corrected chi connectivity index (χ3v) is 7.25. The van der Waals surface area contributed by atoms with E-state index in [1.165, 1.54) is 0 Å². The number of carbonyl (C=O) groups excluding carboxylic acids is 1. The van der Waals surface area contributed by atoms with Crippen LogP contribution in [0.1, 0.15) is 36.3 Å². The lowest BCUT2D eigenvalue weighted by Gasteiger charge is -2.41. The molecule has 1 amide bonds. The third kappa shape index (κ3) is 3.49. The molecule has 1 spiro atoms. The molecule has 2 aromatic rings. The van der Waals surface area contributed by atoms with E-state index in [2.05, 4.69) is 12.1 Å². The van der Waals surface area contributed by atoms with Crippen molar-refractivity contribution in [2.75, 3.05) is 26.6 Å². The fourth-order valence-corrected chi connectivity index (χ4v) is 5.73. The van der Waals surface area contributed by atoms with Crippen molar-refractivity contribution in [3.63, 3.8) is 0 Å². The summed E-state index contributed by atoms with van der Waals surface area (Å²) in [5.41, 5.74) is 2.14. The Morgan fingerprint density at radius 2 is 1.88 bits per heavy atom. The van der Waals surface area contributed by atoms with Crippen LogP contribution in [0.15, 0.2) is 48.5 Å². The SMILES string of the molecule is O=C(OCc1ccccc1)N1C[C@@H](c2ccc3c(c2)OCO3)[C@@H]2CC3(CC[C@@H]21)OCCO3. The minimum absolute atomic E-state index is 0.104. The zero-order valence-corrected chi connectivity index (χ0v) is 17.9. The Labute approximate surface area is 187 Å². The van der Waals surface area contributed by atoms with Crippen LogP contribution in [0.3, 0.4) is 0 Å². The molecule has 2 aromatic carbocycles. The summed E-state index contributed by atoms with van der Waals surface area (Å²) in [7, 11) is 0. The zero-order valence-electron chi connectivity index (χ0n) is 17.9. The summed E-state index contributed by atoms with van der Waals surface area (Å²) >= 11 is 0. The van der Waals surface area contributed by atoms with Gasteiger partial charge in [-0.1, -0.05) is 36.4 Å². The minimum atomic E-state index is -0.514. The maximum absolute atomic E-state index is 13.1. The summed E-state index contributed by atoms with van der Waals surface area (Å²) < 4.78 is 28.9. The van der Waals surface area contributed by atoms with Gasteiger partial charge in [0.05, 0.1) is 13.2 Å². The van der Waals surface area contributed by atoms with Crippen LogP contribution in [0, 0.1) is 5.92 Å². The molecule has 0 radical (unpaired) electrons. The van der Waals surface area contributed by atoms with Gasteiger partial charge in [0.25, 0.3) is 0 Å². The highest BCUT2D eigenvalue weighted by atomic mass is 16.7. The number of rotatable bonds is 3. The van der Waals surface area contributed by atoms with Gasteiger partial charge in [0.15, 0.2) is 17.3 Å². The molecule has 6 rings (SSSR count). The van der Waals surface area contributed by atoms with Gasteiger partial charge in [-0.2, -0.15) is 0 Å². The highest BCUT2D eigenvalue weighted by Gasteiger charge is 2.54. The standard InChI is InChI=1S/C25H27NO6/c27-24(28-15-17-4-2-1-3-5-17)26-14-20(18-6-7-22-23(12-18)30-16-29-22)19-13-25(9-8-21(19)26)31-10-11-32-25/h1-7,12,19-21H,8-11,13-16H2/t19-,20-,21-/m0/s1. The van der Waals surface area contributed by atoms with Crippen LogP contribution in [0.5, 0.6) is 11.5 Å². The molecule has 1 saturated carbocycles. The van der Waals surface area contributed by atoms with Gasteiger partial charge < -0.3 is 28.6 Å². The second-order valence-corrected chi connectivity index (χ2v) is 8.99. The molecule has 32 heavy (non-hydrogen) atoms. The highest BCUT2D eigenvalue weighted by molar-refractivity contribution is 5.69. The van der Waals surface area contributed by atoms with E-state index in [4.69, 9.17) is 23.7 Å². The number of hydrogen-bond acceptors (Lipinski definition) is 6. The molecule has 4 aliphatic rings. The minimum Gasteiger partial charge on any atom is -0.454 e. The van der Waals surface area contributed by atoms with Crippen molar-refractivity contribution in [1.29, 1.82) is 0 Å². The number of hydrogen-bond donors (Lipinski definition) is 0. The summed E-state index contributed by atoms with van der Waals surface area (Å²) in [6.45, 7) is 2.40. The molecular formula is C25H27NO6. The highest BCUT2D eigenvalue weighted by Crippen LogP contribution is 2.51. The first-order valence-electron chi connectivity index (χ1n) is 11.4. The predicted molar refractivity (Wildman–Crippen MR) is 114 cm³/mol. The smallest absolute Gasteiger partial charge is 0.410 e. The van der Waals surface area contributed by atoms with E-state index in [9.17, 15) is 4.79 Å². The summed E-state index contributed by atoms with van der Waals surface area (Å²) in [6, 6.07) is 16.0. The fourth-order valence-electron chi connectivity index (χ4n) is 5.73. The lowest BCUT2D eigenvalue weighted by atomic mass is 9.74. The average molecular weight is 437 g/mol. The van der Waals surface area contributed by atoms with Gasteiger partial charge in [0.1, 0.15) is 6.61 Å². The first kappa shape index (κ1) is 19.9. The first-order valence-corrected chi connectivity index (χ1v) is 11.4. The summed E-state index contributed by atoms with van der Waals surface area (Å²) in [5, 5.41) is 0. The van der Waals surface area contributed by atoms with E-state index >= 15 is 0 Å². The van der Waals surface area contributed by atoms with Crippen LogP contribution in [0.25, 0.3) is 0 Å². The molecular weight excluding hydrogens is 410 g/mol. The second-order valence-electron chi connectivity index (χ2n) is 8.99. The van der Waals surface area contributed by atoms with Gasteiger partial charge in [-0.15, -0.1) is 0 Å². The molecule has 7 nitrogen and oxygen atoms in total. The lowest BCUT2D eigenvalue weighted by Crippen LogP contribution is -2.47. The van der Waals surface area contributed by atoms with Gasteiger partial charge >= 0.3 is 6.09 Å². The van der Waals surface area contributed by atoms with Gasteiger partial charge in [-0.05, 0) is 35.6 Å². The molecule has 3 atom stereocenters. The molecule has 0 unspecified atom stereocenters. The van der Waals surface area contributed by atoms with E-state index < -0.39 is 5.79 Å². The van der Waals surface area contributed by atoms with Gasteiger partial charge in [-0.3, -0.25) is 0 Å².